The van der Waals surface area contributed by atoms with E-state index in [1.807, 2.05) is 30.0 Å². The topological polar surface area (TPSA) is 34.4 Å². The van der Waals surface area contributed by atoms with E-state index in [1.54, 1.807) is 0 Å². The molecule has 1 atom stereocenters. The van der Waals surface area contributed by atoms with Crippen LogP contribution in [0.2, 0.25) is 0 Å². The number of hydrogen-bond donors (Lipinski definition) is 0. The zero-order chi connectivity index (χ0) is 8.55. The Bertz CT molecular complexity index is 416. The van der Waals surface area contributed by atoms with Crippen molar-refractivity contribution in [3.05, 3.63) is 27.7 Å². The van der Waals surface area contributed by atoms with Crippen LogP contribution in [0.25, 0.3) is 12.2 Å². The predicted octanol–water partition coefficient (Wildman–Crippen LogP) is 0.125. The smallest absolute Gasteiger partial charge is 0.114 e. The third kappa shape index (κ3) is 0.978. The van der Waals surface area contributed by atoms with E-state index in [9.17, 15) is 4.91 Å². The second kappa shape index (κ2) is 2.59. The maximum Gasteiger partial charge on any atom is 0.114 e. The molecule has 0 radical (unpaired) electrons. The van der Waals surface area contributed by atoms with Crippen molar-refractivity contribution >= 4 is 12.2 Å². The molecule has 1 aliphatic rings. The van der Waals surface area contributed by atoms with E-state index in [4.69, 9.17) is 0 Å². The number of aromatic nitrogens is 1. The molecule has 1 aromatic rings. The third-order valence-electron chi connectivity index (χ3n) is 2.21. The van der Waals surface area contributed by atoms with Crippen molar-refractivity contribution < 1.29 is 0 Å². The number of fused-ring (bicyclic) bond motifs is 1. The highest BCUT2D eigenvalue weighted by atomic mass is 16.3. The maximum atomic E-state index is 10.3. The molecule has 0 aromatic carbocycles. The normalized spacial score (nSPS) is 20.6. The lowest BCUT2D eigenvalue weighted by Gasteiger charge is -2.03. The van der Waals surface area contributed by atoms with Crippen molar-refractivity contribution in [2.24, 2.45) is 12.2 Å². The van der Waals surface area contributed by atoms with E-state index < -0.39 is 0 Å². The summed E-state index contributed by atoms with van der Waals surface area (Å²) in [7, 11) is 2.00. The van der Waals surface area contributed by atoms with Crippen LogP contribution >= 0.6 is 0 Å². The molecule has 1 aromatic heterocycles. The van der Waals surface area contributed by atoms with Crippen LogP contribution in [0.15, 0.2) is 17.4 Å². The zero-order valence-electron chi connectivity index (χ0n) is 6.90. The summed E-state index contributed by atoms with van der Waals surface area (Å²) in [5.74, 6) is 0. The van der Waals surface area contributed by atoms with Crippen LogP contribution < -0.4 is 10.6 Å². The van der Waals surface area contributed by atoms with Gasteiger partial charge in [0.15, 0.2) is 0 Å². The van der Waals surface area contributed by atoms with Gasteiger partial charge in [-0.15, -0.1) is 0 Å². The van der Waals surface area contributed by atoms with Gasteiger partial charge in [-0.1, -0.05) is 11.3 Å². The van der Waals surface area contributed by atoms with Crippen LogP contribution in [-0.4, -0.2) is 10.6 Å². The Balaban J connectivity index is 2.65. The quantitative estimate of drug-likeness (QED) is 0.540. The van der Waals surface area contributed by atoms with Crippen molar-refractivity contribution in [1.29, 1.82) is 0 Å². The summed E-state index contributed by atoms with van der Waals surface area (Å²) in [5.41, 5.74) is 0. The van der Waals surface area contributed by atoms with Crippen LogP contribution in [0, 0.1) is 4.91 Å². The van der Waals surface area contributed by atoms with Crippen LogP contribution in [0.3, 0.4) is 0 Å². The molecule has 12 heavy (non-hydrogen) atoms. The molecular weight excluding hydrogens is 152 g/mol. The average Bonchev–Trinajstić information content (AvgIpc) is 2.47. The molecule has 0 N–H and O–H groups in total. The summed E-state index contributed by atoms with van der Waals surface area (Å²) in [4.78, 5) is 10.3. The van der Waals surface area contributed by atoms with E-state index in [-0.39, 0.29) is 6.04 Å². The van der Waals surface area contributed by atoms with Crippen molar-refractivity contribution in [2.45, 2.75) is 12.5 Å². The van der Waals surface area contributed by atoms with Crippen molar-refractivity contribution in [3.8, 4) is 0 Å². The van der Waals surface area contributed by atoms with Gasteiger partial charge in [0.1, 0.15) is 6.04 Å². The molecule has 0 aliphatic heterocycles. The number of nitrogens with zero attached hydrogens (tertiary/aromatic N) is 2. The molecule has 0 bridgehead atoms. The summed E-state index contributed by atoms with van der Waals surface area (Å²) >= 11 is 0. The Morgan fingerprint density at radius 1 is 1.67 bits per heavy atom. The van der Waals surface area contributed by atoms with Gasteiger partial charge in [-0.2, -0.15) is 4.91 Å². The van der Waals surface area contributed by atoms with Crippen molar-refractivity contribution in [1.82, 2.24) is 4.57 Å². The number of nitroso groups, excluding NO2 is 1. The number of aryl methyl sites for hydroxylation is 1. The third-order valence-corrected chi connectivity index (χ3v) is 2.21. The fourth-order valence-corrected chi connectivity index (χ4v) is 1.55. The molecule has 0 fully saturated rings. The average molecular weight is 162 g/mol. The molecular formula is C9H10N2O. The first-order chi connectivity index (χ1) is 5.81. The van der Waals surface area contributed by atoms with Crippen LogP contribution in [0.4, 0.5) is 0 Å². The number of rotatable bonds is 1. The molecule has 1 aliphatic carbocycles. The first-order valence-electron chi connectivity index (χ1n) is 3.97. The van der Waals surface area contributed by atoms with Crippen molar-refractivity contribution in [3.63, 3.8) is 0 Å². The Kier molecular flexibility index (Phi) is 1.57. The van der Waals surface area contributed by atoms with E-state index >= 15 is 0 Å². The molecule has 3 heteroatoms. The number of hydrogen-bond acceptors (Lipinski definition) is 2. The molecule has 62 valence electrons. The largest absolute Gasteiger partial charge is 0.351 e. The zero-order valence-corrected chi connectivity index (χ0v) is 6.90. The van der Waals surface area contributed by atoms with Gasteiger partial charge in [-0.05, 0) is 23.8 Å². The SMILES string of the molecule is Cn1ccc2c1=CCC(N=O)C=2. The highest BCUT2D eigenvalue weighted by molar-refractivity contribution is 5.41. The minimum atomic E-state index is -0.167. The van der Waals surface area contributed by atoms with Crippen LogP contribution in [0.5, 0.6) is 0 Å². The van der Waals surface area contributed by atoms with E-state index in [1.165, 1.54) is 5.35 Å². The molecule has 3 nitrogen and oxygen atoms in total. The molecule has 0 amide bonds. The van der Waals surface area contributed by atoms with Gasteiger partial charge in [0.05, 0.1) is 0 Å². The van der Waals surface area contributed by atoms with Crippen molar-refractivity contribution in [2.75, 3.05) is 0 Å². The Morgan fingerprint density at radius 3 is 3.25 bits per heavy atom. The standard InChI is InChI=1S/C9H10N2O/c1-11-5-4-7-6-8(10-12)2-3-9(7)11/h3-6,8H,2H2,1H3. The van der Waals surface area contributed by atoms with E-state index in [0.29, 0.717) is 0 Å². The van der Waals surface area contributed by atoms with E-state index in [0.717, 1.165) is 11.6 Å². The Hall–Kier alpha value is -1.38. The summed E-state index contributed by atoms with van der Waals surface area (Å²) in [6, 6.07) is 1.84. The molecule has 0 spiro atoms. The van der Waals surface area contributed by atoms with Gasteiger partial charge in [-0.25, -0.2) is 0 Å². The molecule has 0 saturated carbocycles. The lowest BCUT2D eigenvalue weighted by atomic mass is 10.1. The minimum absolute atomic E-state index is 0.167. The summed E-state index contributed by atoms with van der Waals surface area (Å²) < 4.78 is 2.05. The van der Waals surface area contributed by atoms with Gasteiger partial charge >= 0.3 is 0 Å². The highest BCUT2D eigenvalue weighted by Crippen LogP contribution is 2.02. The fraction of sp³-hybridized carbons (Fsp3) is 0.333. The highest BCUT2D eigenvalue weighted by Gasteiger charge is 2.07. The fourth-order valence-electron chi connectivity index (χ4n) is 1.55. The monoisotopic (exact) mass is 162 g/mol. The first kappa shape index (κ1) is 7.28. The van der Waals surface area contributed by atoms with Crippen LogP contribution in [0.1, 0.15) is 6.42 Å². The van der Waals surface area contributed by atoms with Gasteiger partial charge in [0, 0.05) is 18.6 Å². The second-order valence-electron chi connectivity index (χ2n) is 3.05. The molecule has 2 rings (SSSR count). The summed E-state index contributed by atoms with van der Waals surface area (Å²) in [5, 5.41) is 5.32. The maximum absolute atomic E-state index is 10.3. The molecule has 1 heterocycles. The van der Waals surface area contributed by atoms with Crippen LogP contribution in [-0.2, 0) is 7.05 Å². The Labute approximate surface area is 70.0 Å². The summed E-state index contributed by atoms with van der Waals surface area (Å²) in [6.45, 7) is 0. The second-order valence-corrected chi connectivity index (χ2v) is 3.05. The predicted molar refractivity (Wildman–Crippen MR) is 47.8 cm³/mol. The molecule has 0 saturated heterocycles. The van der Waals surface area contributed by atoms with Gasteiger partial charge < -0.3 is 4.57 Å². The lowest BCUT2D eigenvalue weighted by Crippen LogP contribution is -2.31. The Morgan fingerprint density at radius 2 is 2.50 bits per heavy atom. The summed E-state index contributed by atoms with van der Waals surface area (Å²) in [6.07, 6.45) is 6.70. The minimum Gasteiger partial charge on any atom is -0.351 e. The van der Waals surface area contributed by atoms with Gasteiger partial charge in [0.2, 0.25) is 0 Å². The van der Waals surface area contributed by atoms with Gasteiger partial charge in [-0.3, -0.25) is 0 Å². The van der Waals surface area contributed by atoms with Gasteiger partial charge in [0.25, 0.3) is 0 Å². The molecule has 1 unspecified atom stereocenters. The lowest BCUT2D eigenvalue weighted by molar-refractivity contribution is 0.840. The van der Waals surface area contributed by atoms with E-state index in [2.05, 4.69) is 11.3 Å². The first-order valence-corrected chi connectivity index (χ1v) is 3.97.